The average molecular weight is 1050 g/mol. The molecule has 6 heteroatoms. The molecule has 0 bridgehead atoms. The quantitative estimate of drug-likeness (QED) is 0.149. The summed E-state index contributed by atoms with van der Waals surface area (Å²) >= 11 is 0. The van der Waals surface area contributed by atoms with Crippen LogP contribution < -0.4 is 0 Å². The largest absolute Gasteiger partial charge is 0.500 e. The van der Waals surface area contributed by atoms with Gasteiger partial charge in [-0.1, -0.05) is 143 Å². The van der Waals surface area contributed by atoms with Gasteiger partial charge in [-0.2, -0.15) is 0 Å². The van der Waals surface area contributed by atoms with Crippen molar-refractivity contribution < 1.29 is 33.1 Å². The van der Waals surface area contributed by atoms with Crippen molar-refractivity contribution in [2.75, 3.05) is 0 Å². The normalized spacial score (nSPS) is 12.4. The number of imidazole rings is 1. The molecule has 8 aromatic carbocycles. The van der Waals surface area contributed by atoms with Crippen LogP contribution in [0.4, 0.5) is 0 Å². The summed E-state index contributed by atoms with van der Waals surface area (Å²) in [6.45, 7) is 7.06. The van der Waals surface area contributed by atoms with Crippen LogP contribution >= 0.6 is 0 Å². The maximum atomic E-state index is 7.25. The number of furan rings is 2. The molecule has 12 rings (SSSR count). The zero-order valence-corrected chi connectivity index (χ0v) is 39.9. The predicted octanol–water partition coefficient (Wildman–Crippen LogP) is 16.7. The Bertz CT molecular complexity index is 3810. The van der Waals surface area contributed by atoms with E-state index in [9.17, 15) is 0 Å². The van der Waals surface area contributed by atoms with Crippen molar-refractivity contribution in [2.45, 2.75) is 46.4 Å². The van der Waals surface area contributed by atoms with Gasteiger partial charge in [-0.3, -0.25) is 4.98 Å². The maximum Gasteiger partial charge on any atom is 0.136 e. The standard InChI is InChI=1S/C49H37N2O2.C12H10N.Ir/c1-29(2)40-26-33(32-24-25-36-35-16-8-11-23-44(35)52-45(36)28-32)27-41(30(3)4)46(40)51-43-22-10-9-21-42(43)50-49(51)39-20-13-19-38-37-18-12-17-34(47(37)53-48(38)39)31-14-6-5-7-15-31;1-10-5-7-11(8-6-10)12-4-2-3-9-13-12;/h5-19,21-30H,1-4H3;2-7,9H,1H3;/q2*-1;/i;1D3;. The fraction of sp³-hybridized carbons (Fsp3) is 0.115. The van der Waals surface area contributed by atoms with E-state index in [1.807, 2.05) is 42.5 Å². The molecule has 1 radical (unpaired) electrons. The van der Waals surface area contributed by atoms with Gasteiger partial charge in [-0.15, -0.1) is 53.6 Å². The molecule has 5 nitrogen and oxygen atoms in total. The van der Waals surface area contributed by atoms with Gasteiger partial charge in [0.1, 0.15) is 16.7 Å². The van der Waals surface area contributed by atoms with Crippen LogP contribution in [0.5, 0.6) is 0 Å². The van der Waals surface area contributed by atoms with E-state index >= 15 is 0 Å². The Morgan fingerprint density at radius 1 is 0.582 bits per heavy atom. The number of hydrogen-bond acceptors (Lipinski definition) is 4. The minimum absolute atomic E-state index is 0. The molecule has 0 fully saturated rings. The molecule has 329 valence electrons. The van der Waals surface area contributed by atoms with Crippen LogP contribution in [-0.4, -0.2) is 14.5 Å². The first-order valence-corrected chi connectivity index (χ1v) is 22.4. The average Bonchev–Trinajstić information content (AvgIpc) is 4.08. The number of aromatic nitrogens is 3. The van der Waals surface area contributed by atoms with E-state index in [0.29, 0.717) is 5.56 Å². The molecule has 0 aliphatic rings. The zero-order valence-electron chi connectivity index (χ0n) is 40.5. The number of aryl methyl sites for hydroxylation is 1. The van der Waals surface area contributed by atoms with Gasteiger partial charge in [0, 0.05) is 57.8 Å². The third kappa shape index (κ3) is 7.97. The second kappa shape index (κ2) is 18.1. The summed E-state index contributed by atoms with van der Waals surface area (Å²) in [4.78, 5) is 9.52. The van der Waals surface area contributed by atoms with E-state index in [0.717, 1.165) is 94.2 Å². The van der Waals surface area contributed by atoms with E-state index in [1.165, 1.54) is 28.4 Å². The Balaban J connectivity index is 0.000000285. The van der Waals surface area contributed by atoms with Crippen LogP contribution in [-0.2, 0) is 20.1 Å². The number of para-hydroxylation sites is 4. The third-order valence-corrected chi connectivity index (χ3v) is 12.4. The molecule has 0 spiro atoms. The molecule has 0 atom stereocenters. The second-order valence-corrected chi connectivity index (χ2v) is 17.3. The van der Waals surface area contributed by atoms with E-state index in [4.69, 9.17) is 17.9 Å². The molecule has 0 saturated heterocycles. The first-order chi connectivity index (χ1) is 33.5. The van der Waals surface area contributed by atoms with Crippen LogP contribution in [0.2, 0.25) is 0 Å². The number of nitrogens with zero attached hydrogens (tertiary/aromatic N) is 3. The Hall–Kier alpha value is -7.37. The van der Waals surface area contributed by atoms with E-state index in [2.05, 4.69) is 165 Å². The van der Waals surface area contributed by atoms with E-state index in [-0.39, 0.29) is 31.9 Å². The summed E-state index contributed by atoms with van der Waals surface area (Å²) in [5.41, 5.74) is 16.4. The minimum atomic E-state index is -2.07. The van der Waals surface area contributed by atoms with Gasteiger partial charge >= 0.3 is 0 Å². The first-order valence-electron chi connectivity index (χ1n) is 23.9. The van der Waals surface area contributed by atoms with Crippen molar-refractivity contribution in [1.29, 1.82) is 0 Å². The third-order valence-electron chi connectivity index (χ3n) is 12.4. The molecule has 4 aromatic heterocycles. The molecule has 0 saturated carbocycles. The fourth-order valence-electron chi connectivity index (χ4n) is 9.19. The maximum absolute atomic E-state index is 7.25. The minimum Gasteiger partial charge on any atom is -0.500 e. The van der Waals surface area contributed by atoms with Crippen molar-refractivity contribution in [1.82, 2.24) is 14.5 Å². The van der Waals surface area contributed by atoms with Gasteiger partial charge in [0.05, 0.1) is 22.4 Å². The number of hydrogen-bond donors (Lipinski definition) is 0. The van der Waals surface area contributed by atoms with Crippen LogP contribution in [0, 0.1) is 19.0 Å². The smallest absolute Gasteiger partial charge is 0.136 e. The second-order valence-electron chi connectivity index (χ2n) is 17.3. The fourth-order valence-corrected chi connectivity index (χ4v) is 9.19. The van der Waals surface area contributed by atoms with E-state index < -0.39 is 6.85 Å². The Kier molecular flexibility index (Phi) is 10.8. The molecule has 0 unspecified atom stereocenters. The van der Waals surface area contributed by atoms with Crippen LogP contribution in [0.15, 0.2) is 191 Å². The monoisotopic (exact) mass is 1050 g/mol. The van der Waals surface area contributed by atoms with Gasteiger partial charge in [0.15, 0.2) is 0 Å². The summed E-state index contributed by atoms with van der Waals surface area (Å²) in [5, 5.41) is 4.41. The van der Waals surface area contributed by atoms with Gasteiger partial charge in [-0.25, -0.2) is 0 Å². The molecule has 4 heterocycles. The Morgan fingerprint density at radius 2 is 1.31 bits per heavy atom. The summed E-state index contributed by atoms with van der Waals surface area (Å²) < 4.78 is 37.3. The number of fused-ring (bicyclic) bond motifs is 7. The van der Waals surface area contributed by atoms with Crippen molar-refractivity contribution in [2.24, 2.45) is 0 Å². The zero-order chi connectivity index (χ0) is 47.4. The number of pyridine rings is 1. The van der Waals surface area contributed by atoms with E-state index in [1.54, 1.807) is 18.3 Å². The number of benzene rings is 8. The molecule has 0 N–H and O–H groups in total. The van der Waals surface area contributed by atoms with Crippen LogP contribution in [0.1, 0.15) is 60.3 Å². The van der Waals surface area contributed by atoms with Crippen LogP contribution in [0.25, 0.3) is 105 Å². The van der Waals surface area contributed by atoms with Crippen molar-refractivity contribution >= 4 is 54.9 Å². The molecular formula is C61H47IrN3O2-2. The molecule has 0 amide bonds. The molecular weight excluding hydrogens is 999 g/mol. The summed E-state index contributed by atoms with van der Waals surface area (Å²) in [6.07, 6.45) is 1.70. The Morgan fingerprint density at radius 3 is 2.07 bits per heavy atom. The topological polar surface area (TPSA) is 57.0 Å². The van der Waals surface area contributed by atoms with Crippen LogP contribution in [0.3, 0.4) is 0 Å². The Labute approximate surface area is 408 Å². The summed E-state index contributed by atoms with van der Waals surface area (Å²) in [7, 11) is 0. The SMILES string of the molecule is CC(C)c1cc(-c2ccc3c(c2)oc2ccccc23)cc(C(C)C)c1-n1c(-c2[c-]ccc3c2oc2c(-c4ccccc4)cccc23)nc2ccccc21.[2H]C([2H])([2H])c1c[c-]c(-c2ccccn2)cc1.[Ir]. The summed E-state index contributed by atoms with van der Waals surface area (Å²) in [6, 6.07) is 65.9. The van der Waals surface area contributed by atoms with Gasteiger partial charge in [0.2, 0.25) is 0 Å². The molecule has 67 heavy (non-hydrogen) atoms. The number of rotatable bonds is 7. The van der Waals surface area contributed by atoms with Gasteiger partial charge in [0.25, 0.3) is 0 Å². The van der Waals surface area contributed by atoms with Crippen molar-refractivity contribution in [3.63, 3.8) is 0 Å². The summed E-state index contributed by atoms with van der Waals surface area (Å²) in [5.74, 6) is 1.27. The molecule has 0 aliphatic carbocycles. The van der Waals surface area contributed by atoms with Gasteiger partial charge in [-0.05, 0) is 93.9 Å². The molecule has 0 aliphatic heterocycles. The first kappa shape index (κ1) is 39.9. The van der Waals surface area contributed by atoms with Crippen molar-refractivity contribution in [3.05, 3.63) is 211 Å². The molecule has 12 aromatic rings. The predicted molar refractivity (Wildman–Crippen MR) is 272 cm³/mol. The van der Waals surface area contributed by atoms with Gasteiger partial charge < -0.3 is 18.4 Å². The van der Waals surface area contributed by atoms with Crippen molar-refractivity contribution in [3.8, 4) is 50.6 Å².